The monoisotopic (exact) mass is 262 g/mol. The molecule has 0 aliphatic heterocycles. The number of aryl methyl sites for hydroxylation is 1. The zero-order valence-electron chi connectivity index (χ0n) is 10.3. The summed E-state index contributed by atoms with van der Waals surface area (Å²) in [6, 6.07) is 11.2. The largest absolute Gasteiger partial charge is 0.495 e. The summed E-state index contributed by atoms with van der Waals surface area (Å²) in [6.45, 7) is 2.02. The van der Waals surface area contributed by atoms with Crippen LogP contribution < -0.4 is 15.8 Å². The van der Waals surface area contributed by atoms with E-state index in [4.69, 9.17) is 22.1 Å². The Hall–Kier alpha value is -1.87. The standard InChI is InChI=1S/C14H15ClN2O/c1-9-3-6-14(18-2)13(7-9)17-12-8-10(15)4-5-11(12)16/h3-8,17H,16H2,1-2H3. The molecule has 0 aromatic heterocycles. The summed E-state index contributed by atoms with van der Waals surface area (Å²) in [5.74, 6) is 0.764. The molecule has 0 heterocycles. The van der Waals surface area contributed by atoms with Crippen molar-refractivity contribution in [2.45, 2.75) is 6.92 Å². The second-order valence-corrected chi connectivity index (χ2v) is 4.50. The minimum atomic E-state index is 0.637. The number of hydrogen-bond acceptors (Lipinski definition) is 3. The van der Waals surface area contributed by atoms with Crippen LogP contribution in [0.2, 0.25) is 5.02 Å². The fourth-order valence-corrected chi connectivity index (χ4v) is 1.87. The van der Waals surface area contributed by atoms with Crippen molar-refractivity contribution < 1.29 is 4.74 Å². The molecule has 0 saturated heterocycles. The van der Waals surface area contributed by atoms with E-state index in [-0.39, 0.29) is 0 Å². The van der Waals surface area contributed by atoms with E-state index in [1.807, 2.05) is 25.1 Å². The van der Waals surface area contributed by atoms with Crippen molar-refractivity contribution in [3.05, 3.63) is 47.0 Å². The Balaban J connectivity index is 2.38. The molecule has 18 heavy (non-hydrogen) atoms. The maximum atomic E-state index is 5.96. The zero-order valence-corrected chi connectivity index (χ0v) is 11.1. The third-order valence-electron chi connectivity index (χ3n) is 2.64. The van der Waals surface area contributed by atoms with E-state index < -0.39 is 0 Å². The molecule has 2 rings (SSSR count). The molecule has 0 radical (unpaired) electrons. The lowest BCUT2D eigenvalue weighted by molar-refractivity contribution is 0.416. The molecule has 0 saturated carbocycles. The molecule has 3 nitrogen and oxygen atoms in total. The first-order valence-corrected chi connectivity index (χ1v) is 5.94. The van der Waals surface area contributed by atoms with Gasteiger partial charge in [0.05, 0.1) is 24.2 Å². The maximum absolute atomic E-state index is 5.96. The van der Waals surface area contributed by atoms with Crippen LogP contribution in [0.15, 0.2) is 36.4 Å². The lowest BCUT2D eigenvalue weighted by atomic mass is 10.2. The average molecular weight is 263 g/mol. The Kier molecular flexibility index (Phi) is 3.63. The molecule has 3 N–H and O–H groups in total. The van der Waals surface area contributed by atoms with Gasteiger partial charge in [-0.15, -0.1) is 0 Å². The molecular formula is C14H15ClN2O. The second-order valence-electron chi connectivity index (χ2n) is 4.06. The van der Waals surface area contributed by atoms with Gasteiger partial charge in [-0.1, -0.05) is 17.7 Å². The number of halogens is 1. The van der Waals surface area contributed by atoms with Crippen LogP contribution in [0.25, 0.3) is 0 Å². The van der Waals surface area contributed by atoms with Crippen LogP contribution in [0.4, 0.5) is 17.1 Å². The lowest BCUT2D eigenvalue weighted by Crippen LogP contribution is -1.98. The predicted octanol–water partition coefficient (Wildman–Crippen LogP) is 3.98. The summed E-state index contributed by atoms with van der Waals surface area (Å²) in [5, 5.41) is 3.88. The average Bonchev–Trinajstić information content (AvgIpc) is 2.34. The number of anilines is 3. The zero-order chi connectivity index (χ0) is 13.1. The van der Waals surface area contributed by atoms with Crippen molar-refractivity contribution in [2.75, 3.05) is 18.2 Å². The number of nitrogen functional groups attached to an aromatic ring is 1. The molecule has 0 fully saturated rings. The topological polar surface area (TPSA) is 47.3 Å². The van der Waals surface area contributed by atoms with Gasteiger partial charge >= 0.3 is 0 Å². The van der Waals surface area contributed by atoms with Gasteiger partial charge in [-0.3, -0.25) is 0 Å². The summed E-state index contributed by atoms with van der Waals surface area (Å²) in [4.78, 5) is 0. The molecule has 94 valence electrons. The molecule has 4 heteroatoms. The van der Waals surface area contributed by atoms with Gasteiger partial charge in [0.2, 0.25) is 0 Å². The minimum Gasteiger partial charge on any atom is -0.495 e. The van der Waals surface area contributed by atoms with Crippen molar-refractivity contribution in [3.8, 4) is 5.75 Å². The van der Waals surface area contributed by atoms with Crippen LogP contribution in [-0.2, 0) is 0 Å². The van der Waals surface area contributed by atoms with E-state index >= 15 is 0 Å². The normalized spacial score (nSPS) is 10.2. The van der Waals surface area contributed by atoms with Gasteiger partial charge in [-0.05, 0) is 42.8 Å². The first kappa shape index (κ1) is 12.6. The van der Waals surface area contributed by atoms with E-state index in [1.165, 1.54) is 0 Å². The van der Waals surface area contributed by atoms with Crippen molar-refractivity contribution in [1.29, 1.82) is 0 Å². The van der Waals surface area contributed by atoms with E-state index in [0.717, 1.165) is 22.7 Å². The highest BCUT2D eigenvalue weighted by Gasteiger charge is 2.06. The Bertz CT molecular complexity index is 570. The number of nitrogens with one attached hydrogen (secondary N) is 1. The summed E-state index contributed by atoms with van der Waals surface area (Å²) in [6.07, 6.45) is 0. The Morgan fingerprint density at radius 2 is 1.89 bits per heavy atom. The number of ether oxygens (including phenoxy) is 1. The second kappa shape index (κ2) is 5.19. The van der Waals surface area contributed by atoms with Crippen LogP contribution in [0.5, 0.6) is 5.75 Å². The summed E-state index contributed by atoms with van der Waals surface area (Å²) in [7, 11) is 1.64. The molecule has 0 unspecified atom stereocenters. The number of hydrogen-bond donors (Lipinski definition) is 2. The molecule has 0 spiro atoms. The Morgan fingerprint density at radius 1 is 1.11 bits per heavy atom. The van der Waals surface area contributed by atoms with E-state index in [2.05, 4.69) is 5.32 Å². The van der Waals surface area contributed by atoms with Crippen molar-refractivity contribution in [1.82, 2.24) is 0 Å². The Labute approximate surface area is 112 Å². The molecule has 2 aromatic rings. The number of rotatable bonds is 3. The van der Waals surface area contributed by atoms with Gasteiger partial charge < -0.3 is 15.8 Å². The third kappa shape index (κ3) is 2.68. The van der Waals surface area contributed by atoms with Crippen LogP contribution in [0.1, 0.15) is 5.56 Å². The van der Waals surface area contributed by atoms with Crippen LogP contribution in [0.3, 0.4) is 0 Å². The van der Waals surface area contributed by atoms with Gasteiger partial charge in [0.15, 0.2) is 0 Å². The molecule has 0 aliphatic carbocycles. The lowest BCUT2D eigenvalue weighted by Gasteiger charge is -2.13. The number of benzene rings is 2. The third-order valence-corrected chi connectivity index (χ3v) is 2.87. The molecular weight excluding hydrogens is 248 g/mol. The van der Waals surface area contributed by atoms with Gasteiger partial charge in [-0.25, -0.2) is 0 Å². The quantitative estimate of drug-likeness (QED) is 0.823. The maximum Gasteiger partial charge on any atom is 0.142 e. The first-order valence-electron chi connectivity index (χ1n) is 5.57. The highest BCUT2D eigenvalue weighted by molar-refractivity contribution is 6.31. The smallest absolute Gasteiger partial charge is 0.142 e. The van der Waals surface area contributed by atoms with Crippen LogP contribution in [-0.4, -0.2) is 7.11 Å². The van der Waals surface area contributed by atoms with Gasteiger partial charge in [-0.2, -0.15) is 0 Å². The Morgan fingerprint density at radius 3 is 2.61 bits per heavy atom. The van der Waals surface area contributed by atoms with Crippen molar-refractivity contribution in [2.24, 2.45) is 0 Å². The summed E-state index contributed by atoms with van der Waals surface area (Å²) < 4.78 is 5.31. The van der Waals surface area contributed by atoms with E-state index in [1.54, 1.807) is 25.3 Å². The van der Waals surface area contributed by atoms with Crippen LogP contribution >= 0.6 is 11.6 Å². The summed E-state index contributed by atoms with van der Waals surface area (Å²) in [5.41, 5.74) is 9.32. The molecule has 2 aromatic carbocycles. The van der Waals surface area contributed by atoms with Gasteiger partial charge in [0.1, 0.15) is 5.75 Å². The molecule has 0 aliphatic rings. The first-order chi connectivity index (χ1) is 8.60. The molecule has 0 amide bonds. The SMILES string of the molecule is COc1ccc(C)cc1Nc1cc(Cl)ccc1N. The van der Waals surface area contributed by atoms with E-state index in [9.17, 15) is 0 Å². The van der Waals surface area contributed by atoms with Crippen molar-refractivity contribution in [3.63, 3.8) is 0 Å². The fraction of sp³-hybridized carbons (Fsp3) is 0.143. The van der Waals surface area contributed by atoms with E-state index in [0.29, 0.717) is 10.7 Å². The highest BCUT2D eigenvalue weighted by Crippen LogP contribution is 2.32. The number of nitrogens with two attached hydrogens (primary N) is 1. The highest BCUT2D eigenvalue weighted by atomic mass is 35.5. The predicted molar refractivity (Wildman–Crippen MR) is 76.9 cm³/mol. The molecule has 0 atom stereocenters. The fourth-order valence-electron chi connectivity index (χ4n) is 1.70. The van der Waals surface area contributed by atoms with Gasteiger partial charge in [0, 0.05) is 5.02 Å². The minimum absolute atomic E-state index is 0.637. The van der Waals surface area contributed by atoms with Crippen LogP contribution in [0, 0.1) is 6.92 Å². The summed E-state index contributed by atoms with van der Waals surface area (Å²) >= 11 is 5.96. The van der Waals surface area contributed by atoms with Crippen molar-refractivity contribution >= 4 is 28.7 Å². The van der Waals surface area contributed by atoms with Gasteiger partial charge in [0.25, 0.3) is 0 Å². The number of methoxy groups -OCH3 is 1. The molecule has 0 bridgehead atoms.